The molecule has 0 aliphatic carbocycles. The highest BCUT2D eigenvalue weighted by Gasteiger charge is 2.21. The summed E-state index contributed by atoms with van der Waals surface area (Å²) >= 11 is 0. The van der Waals surface area contributed by atoms with E-state index in [0.29, 0.717) is 5.92 Å². The Morgan fingerprint density at radius 3 is 2.53 bits per heavy atom. The Balaban J connectivity index is 2.22. The summed E-state index contributed by atoms with van der Waals surface area (Å²) in [6, 6.07) is 0. The number of aliphatic hydroxyl groups is 1. The molecule has 1 amide bonds. The summed E-state index contributed by atoms with van der Waals surface area (Å²) in [6.07, 6.45) is 2.19. The number of carbonyl (C=O) groups is 1. The fourth-order valence-corrected chi connectivity index (χ4v) is 2.13. The van der Waals surface area contributed by atoms with E-state index < -0.39 is 0 Å². The molecule has 0 bridgehead atoms. The molecule has 15 heavy (non-hydrogen) atoms. The van der Waals surface area contributed by atoms with E-state index in [2.05, 4.69) is 4.90 Å². The van der Waals surface area contributed by atoms with Crippen molar-refractivity contribution < 1.29 is 9.90 Å². The molecule has 1 rings (SSSR count). The van der Waals surface area contributed by atoms with Crippen molar-refractivity contribution in [2.45, 2.75) is 19.8 Å². The molecule has 1 heterocycles. The van der Waals surface area contributed by atoms with Crippen LogP contribution in [-0.4, -0.2) is 60.6 Å². The lowest BCUT2D eigenvalue weighted by molar-refractivity contribution is -0.130. The van der Waals surface area contributed by atoms with Crippen molar-refractivity contribution in [3.8, 4) is 0 Å². The van der Waals surface area contributed by atoms with E-state index in [1.165, 1.54) is 0 Å². The maximum Gasteiger partial charge on any atom is 0.219 e. The normalized spacial score (nSPS) is 18.5. The molecular formula is C11H22N2O2. The van der Waals surface area contributed by atoms with Gasteiger partial charge in [-0.1, -0.05) is 0 Å². The molecule has 1 saturated heterocycles. The molecule has 0 radical (unpaired) electrons. The minimum Gasteiger partial charge on any atom is -0.395 e. The fourth-order valence-electron chi connectivity index (χ4n) is 2.13. The third-order valence-corrected chi connectivity index (χ3v) is 3.11. The van der Waals surface area contributed by atoms with Crippen molar-refractivity contribution in [1.82, 2.24) is 9.80 Å². The number of amides is 1. The number of rotatable bonds is 4. The van der Waals surface area contributed by atoms with Crippen molar-refractivity contribution in [3.63, 3.8) is 0 Å². The first kappa shape index (κ1) is 12.5. The maximum absolute atomic E-state index is 11.1. The van der Waals surface area contributed by atoms with Crippen LogP contribution in [0, 0.1) is 5.92 Å². The zero-order valence-corrected chi connectivity index (χ0v) is 9.78. The van der Waals surface area contributed by atoms with Gasteiger partial charge in [-0.05, 0) is 25.8 Å². The van der Waals surface area contributed by atoms with Gasteiger partial charge >= 0.3 is 0 Å². The van der Waals surface area contributed by atoms with Crippen LogP contribution in [0.1, 0.15) is 19.8 Å². The molecule has 0 unspecified atom stereocenters. The monoisotopic (exact) mass is 214 g/mol. The molecular weight excluding hydrogens is 192 g/mol. The summed E-state index contributed by atoms with van der Waals surface area (Å²) in [4.78, 5) is 15.2. The van der Waals surface area contributed by atoms with E-state index in [0.717, 1.165) is 39.0 Å². The predicted octanol–water partition coefficient (Wildman–Crippen LogP) is 0.169. The molecule has 4 nitrogen and oxygen atoms in total. The van der Waals surface area contributed by atoms with Gasteiger partial charge in [0.1, 0.15) is 0 Å². The molecule has 0 atom stereocenters. The average Bonchev–Trinajstić information content (AvgIpc) is 2.18. The van der Waals surface area contributed by atoms with E-state index in [1.807, 2.05) is 11.9 Å². The first-order valence-electron chi connectivity index (χ1n) is 5.68. The van der Waals surface area contributed by atoms with E-state index in [-0.39, 0.29) is 12.5 Å². The molecule has 1 aliphatic heterocycles. The van der Waals surface area contributed by atoms with E-state index in [1.54, 1.807) is 6.92 Å². The lowest BCUT2D eigenvalue weighted by atomic mass is 9.96. The Kier molecular flexibility index (Phi) is 5.05. The number of carbonyl (C=O) groups excluding carboxylic acids is 1. The van der Waals surface area contributed by atoms with Gasteiger partial charge in [0.15, 0.2) is 0 Å². The topological polar surface area (TPSA) is 43.8 Å². The van der Waals surface area contributed by atoms with Gasteiger partial charge in [0.05, 0.1) is 6.61 Å². The van der Waals surface area contributed by atoms with Crippen molar-refractivity contribution >= 4 is 5.91 Å². The molecule has 0 aromatic heterocycles. The van der Waals surface area contributed by atoms with E-state index in [4.69, 9.17) is 5.11 Å². The minimum atomic E-state index is 0.192. The largest absolute Gasteiger partial charge is 0.395 e. The highest BCUT2D eigenvalue weighted by molar-refractivity contribution is 5.73. The summed E-state index contributed by atoms with van der Waals surface area (Å²) in [6.45, 7) is 5.43. The van der Waals surface area contributed by atoms with Crippen LogP contribution in [0.25, 0.3) is 0 Å². The third kappa shape index (κ3) is 4.18. The Morgan fingerprint density at radius 2 is 2.07 bits per heavy atom. The summed E-state index contributed by atoms with van der Waals surface area (Å²) < 4.78 is 0. The number of nitrogens with zero attached hydrogens (tertiary/aromatic N) is 2. The standard InChI is InChI=1S/C11H22N2O2/c1-10(15)13-5-3-11(4-6-13)9-12(2)7-8-14/h11,14H,3-9H2,1-2H3. The van der Waals surface area contributed by atoms with Crippen LogP contribution in [0.15, 0.2) is 0 Å². The number of piperidine rings is 1. The molecule has 1 fully saturated rings. The van der Waals surface area contributed by atoms with Crippen LogP contribution in [0.5, 0.6) is 0 Å². The Bertz CT molecular complexity index is 201. The molecule has 4 heteroatoms. The summed E-state index contributed by atoms with van der Waals surface area (Å²) in [5.74, 6) is 0.870. The van der Waals surface area contributed by atoms with Gasteiger partial charge < -0.3 is 14.9 Å². The molecule has 1 aliphatic rings. The van der Waals surface area contributed by atoms with Gasteiger partial charge in [-0.15, -0.1) is 0 Å². The zero-order valence-electron chi connectivity index (χ0n) is 9.78. The van der Waals surface area contributed by atoms with Crippen molar-refractivity contribution in [2.24, 2.45) is 5.92 Å². The van der Waals surface area contributed by atoms with Gasteiger partial charge in [-0.2, -0.15) is 0 Å². The zero-order chi connectivity index (χ0) is 11.3. The van der Waals surface area contributed by atoms with Crippen LogP contribution in [0.4, 0.5) is 0 Å². The second-order valence-corrected chi connectivity index (χ2v) is 4.44. The molecule has 0 aromatic carbocycles. The fraction of sp³-hybridized carbons (Fsp3) is 0.909. The van der Waals surface area contributed by atoms with Crippen LogP contribution in [0.2, 0.25) is 0 Å². The van der Waals surface area contributed by atoms with E-state index in [9.17, 15) is 4.79 Å². The minimum absolute atomic E-state index is 0.192. The van der Waals surface area contributed by atoms with E-state index >= 15 is 0 Å². The first-order chi connectivity index (χ1) is 7.13. The number of hydrogen-bond acceptors (Lipinski definition) is 3. The quantitative estimate of drug-likeness (QED) is 0.725. The summed E-state index contributed by atoms with van der Waals surface area (Å²) in [7, 11) is 2.04. The van der Waals surface area contributed by atoms with Gasteiger partial charge in [-0.25, -0.2) is 0 Å². The number of likely N-dealkylation sites (N-methyl/N-ethyl adjacent to an activating group) is 1. The molecule has 1 N–H and O–H groups in total. The lowest BCUT2D eigenvalue weighted by Gasteiger charge is -2.33. The Labute approximate surface area is 91.9 Å². The average molecular weight is 214 g/mol. The molecule has 88 valence electrons. The Morgan fingerprint density at radius 1 is 1.47 bits per heavy atom. The third-order valence-electron chi connectivity index (χ3n) is 3.11. The lowest BCUT2D eigenvalue weighted by Crippen LogP contribution is -2.40. The smallest absolute Gasteiger partial charge is 0.219 e. The summed E-state index contributed by atoms with van der Waals surface area (Å²) in [5, 5.41) is 8.79. The van der Waals surface area contributed by atoms with Gasteiger partial charge in [0, 0.05) is 33.1 Å². The highest BCUT2D eigenvalue weighted by Crippen LogP contribution is 2.17. The summed E-state index contributed by atoms with van der Waals surface area (Å²) in [5.41, 5.74) is 0. The SMILES string of the molecule is CC(=O)N1CCC(CN(C)CCO)CC1. The second-order valence-electron chi connectivity index (χ2n) is 4.44. The molecule has 0 aromatic rings. The second kappa shape index (κ2) is 6.08. The van der Waals surface area contributed by atoms with Crippen molar-refractivity contribution in [3.05, 3.63) is 0 Å². The number of aliphatic hydroxyl groups excluding tert-OH is 1. The van der Waals surface area contributed by atoms with Crippen molar-refractivity contribution in [1.29, 1.82) is 0 Å². The van der Waals surface area contributed by atoms with Crippen LogP contribution < -0.4 is 0 Å². The Hall–Kier alpha value is -0.610. The van der Waals surface area contributed by atoms with Gasteiger partial charge in [0.25, 0.3) is 0 Å². The highest BCUT2D eigenvalue weighted by atomic mass is 16.3. The van der Waals surface area contributed by atoms with Crippen LogP contribution in [0.3, 0.4) is 0 Å². The van der Waals surface area contributed by atoms with Gasteiger partial charge in [0.2, 0.25) is 5.91 Å². The van der Waals surface area contributed by atoms with Crippen LogP contribution in [-0.2, 0) is 4.79 Å². The molecule has 0 spiro atoms. The maximum atomic E-state index is 11.1. The van der Waals surface area contributed by atoms with Gasteiger partial charge in [-0.3, -0.25) is 4.79 Å². The van der Waals surface area contributed by atoms with Crippen molar-refractivity contribution in [2.75, 3.05) is 39.8 Å². The predicted molar refractivity (Wildman–Crippen MR) is 59.6 cm³/mol. The van der Waals surface area contributed by atoms with Crippen LogP contribution >= 0.6 is 0 Å². The molecule has 0 saturated carbocycles. The number of hydrogen-bond donors (Lipinski definition) is 1. The number of likely N-dealkylation sites (tertiary alicyclic amines) is 1. The first-order valence-corrected chi connectivity index (χ1v) is 5.68.